The Kier molecular flexibility index (Phi) is 7.34. The minimum absolute atomic E-state index is 0.233. The third kappa shape index (κ3) is 6.24. The monoisotopic (exact) mass is 431 g/mol. The van der Waals surface area contributed by atoms with Gasteiger partial charge in [-0.05, 0) is 24.1 Å². The summed E-state index contributed by atoms with van der Waals surface area (Å²) in [7, 11) is 0. The molecule has 9 nitrogen and oxygen atoms in total. The lowest BCUT2D eigenvalue weighted by atomic mass is 10.2. The molecule has 1 amide bonds. The van der Waals surface area contributed by atoms with Crippen LogP contribution < -0.4 is 10.8 Å². The summed E-state index contributed by atoms with van der Waals surface area (Å²) >= 11 is 6.05. The molecule has 0 saturated carbocycles. The van der Waals surface area contributed by atoms with Crippen molar-refractivity contribution < 1.29 is 19.5 Å². The van der Waals surface area contributed by atoms with Crippen LogP contribution in [0.25, 0.3) is 6.08 Å². The number of carbonyl (C=O) groups is 2. The van der Waals surface area contributed by atoms with Gasteiger partial charge in [0.05, 0.1) is 18.1 Å². The topological polar surface area (TPSA) is 117 Å². The van der Waals surface area contributed by atoms with Crippen LogP contribution in [0.3, 0.4) is 0 Å². The van der Waals surface area contributed by atoms with Gasteiger partial charge in [0.15, 0.2) is 5.76 Å². The molecule has 0 spiro atoms. The summed E-state index contributed by atoms with van der Waals surface area (Å²) in [4.78, 5) is 33.5. The summed E-state index contributed by atoms with van der Waals surface area (Å²) in [6.07, 6.45) is 5.16. The minimum atomic E-state index is -0.958. The number of likely N-dealkylation sites (tertiary alicyclic amines) is 1. The summed E-state index contributed by atoms with van der Waals surface area (Å²) in [6, 6.07) is 8.08. The first-order chi connectivity index (χ1) is 14.4. The van der Waals surface area contributed by atoms with Gasteiger partial charge in [-0.1, -0.05) is 23.7 Å². The fraction of sp³-hybridized carbons (Fsp3) is 0.300. The maximum atomic E-state index is 11.6. The number of hydroxylamine groups is 1. The van der Waals surface area contributed by atoms with E-state index in [0.29, 0.717) is 11.5 Å². The zero-order valence-electron chi connectivity index (χ0n) is 16.3. The number of ether oxygens (including phenoxy) is 1. The van der Waals surface area contributed by atoms with E-state index in [1.807, 2.05) is 18.2 Å². The molecule has 2 heterocycles. The first-order valence-electron chi connectivity index (χ1n) is 9.33. The highest BCUT2D eigenvalue weighted by Crippen LogP contribution is 2.19. The Morgan fingerprint density at radius 2 is 2.20 bits per heavy atom. The predicted octanol–water partition coefficient (Wildman–Crippen LogP) is 2.23. The second-order valence-electron chi connectivity index (χ2n) is 6.86. The molecule has 0 radical (unpaired) electrons. The quantitative estimate of drug-likeness (QED) is 0.201. The van der Waals surface area contributed by atoms with Gasteiger partial charge in [-0.25, -0.2) is 10.5 Å². The van der Waals surface area contributed by atoms with Crippen LogP contribution >= 0.6 is 11.6 Å². The van der Waals surface area contributed by atoms with Gasteiger partial charge in [-0.3, -0.25) is 24.7 Å². The van der Waals surface area contributed by atoms with Crippen LogP contribution in [0.5, 0.6) is 0 Å². The number of esters is 1. The summed E-state index contributed by atoms with van der Waals surface area (Å²) < 4.78 is 4.77. The van der Waals surface area contributed by atoms with E-state index in [2.05, 4.69) is 26.3 Å². The molecule has 3 N–H and O–H groups in total. The number of carbonyl (C=O) groups excluding carboxylic acids is 2. The second-order valence-corrected chi connectivity index (χ2v) is 7.30. The van der Waals surface area contributed by atoms with Crippen molar-refractivity contribution in [3.05, 3.63) is 58.7 Å². The van der Waals surface area contributed by atoms with Gasteiger partial charge in [0, 0.05) is 43.7 Å². The van der Waals surface area contributed by atoms with Crippen LogP contribution in [0.15, 0.2) is 42.4 Å². The molecule has 2 aromatic rings. The number of nitrogens with zero attached hydrogens (tertiary/aromatic N) is 3. The second kappa shape index (κ2) is 10.1. The van der Waals surface area contributed by atoms with Gasteiger partial charge < -0.3 is 10.1 Å². The minimum Gasteiger partial charge on any atom is -0.421 e. The average Bonchev–Trinajstić information content (AvgIpc) is 3.14. The Morgan fingerprint density at radius 1 is 1.37 bits per heavy atom. The lowest BCUT2D eigenvalue weighted by Gasteiger charge is -2.17. The standard InChI is InChI=1S/C20H22ClN5O4/c1-13(27)30-18(20(28)25-29)8-17-9-23-19(10-22-17)24-16-5-6-26(12-16)11-14-3-2-4-15(21)7-14/h2-4,7-10,16,29H,5-6,11-12H2,1H3,(H,23,24)(H,25,28)/b18-8+/t16-/m1/s1. The fourth-order valence-electron chi connectivity index (χ4n) is 3.17. The molecule has 1 aliphatic rings. The molecule has 1 aromatic heterocycles. The number of benzene rings is 1. The summed E-state index contributed by atoms with van der Waals surface area (Å²) in [5, 5.41) is 12.8. The molecular weight excluding hydrogens is 410 g/mol. The van der Waals surface area contributed by atoms with E-state index in [1.54, 1.807) is 0 Å². The number of anilines is 1. The van der Waals surface area contributed by atoms with Crippen LogP contribution in [0.4, 0.5) is 5.82 Å². The van der Waals surface area contributed by atoms with E-state index in [9.17, 15) is 9.59 Å². The maximum absolute atomic E-state index is 11.6. The molecule has 1 fully saturated rings. The zero-order chi connectivity index (χ0) is 21.5. The number of hydrogen-bond donors (Lipinski definition) is 3. The molecule has 1 saturated heterocycles. The smallest absolute Gasteiger partial charge is 0.310 e. The van der Waals surface area contributed by atoms with E-state index in [0.717, 1.165) is 38.0 Å². The number of rotatable bonds is 7. The van der Waals surface area contributed by atoms with Gasteiger partial charge in [0.2, 0.25) is 0 Å². The number of amides is 1. The summed E-state index contributed by atoms with van der Waals surface area (Å²) in [5.41, 5.74) is 2.89. The molecule has 158 valence electrons. The highest BCUT2D eigenvalue weighted by molar-refractivity contribution is 6.30. The normalized spacial score (nSPS) is 16.9. The van der Waals surface area contributed by atoms with Crippen LogP contribution in [0, 0.1) is 0 Å². The first kappa shape index (κ1) is 21.7. The van der Waals surface area contributed by atoms with E-state index < -0.39 is 11.9 Å². The third-order valence-corrected chi connectivity index (χ3v) is 4.68. The van der Waals surface area contributed by atoms with Gasteiger partial charge in [0.1, 0.15) is 5.82 Å². The lowest BCUT2D eigenvalue weighted by Crippen LogP contribution is -2.26. The summed E-state index contributed by atoms with van der Waals surface area (Å²) in [6.45, 7) is 3.80. The molecule has 30 heavy (non-hydrogen) atoms. The van der Waals surface area contributed by atoms with Crippen molar-refractivity contribution in [2.45, 2.75) is 25.9 Å². The van der Waals surface area contributed by atoms with Crippen molar-refractivity contribution in [3.63, 3.8) is 0 Å². The van der Waals surface area contributed by atoms with Crippen LogP contribution in [0.2, 0.25) is 5.02 Å². The first-order valence-corrected chi connectivity index (χ1v) is 9.70. The van der Waals surface area contributed by atoms with Crippen molar-refractivity contribution >= 4 is 35.4 Å². The Balaban J connectivity index is 1.57. The predicted molar refractivity (Wildman–Crippen MR) is 110 cm³/mol. The van der Waals surface area contributed by atoms with E-state index in [-0.39, 0.29) is 11.8 Å². The Morgan fingerprint density at radius 3 is 2.87 bits per heavy atom. The van der Waals surface area contributed by atoms with Gasteiger partial charge >= 0.3 is 11.9 Å². The van der Waals surface area contributed by atoms with Crippen molar-refractivity contribution in [2.24, 2.45) is 0 Å². The van der Waals surface area contributed by atoms with Crippen molar-refractivity contribution in [1.82, 2.24) is 20.3 Å². The van der Waals surface area contributed by atoms with Crippen LogP contribution in [-0.2, 0) is 20.9 Å². The Labute approximate surface area is 178 Å². The van der Waals surface area contributed by atoms with Gasteiger partial charge in [-0.2, -0.15) is 0 Å². The molecule has 10 heteroatoms. The molecule has 0 aliphatic carbocycles. The van der Waals surface area contributed by atoms with Crippen molar-refractivity contribution in [1.29, 1.82) is 0 Å². The van der Waals surface area contributed by atoms with E-state index in [4.69, 9.17) is 21.5 Å². The number of halogens is 1. The van der Waals surface area contributed by atoms with Crippen LogP contribution in [-0.4, -0.2) is 51.1 Å². The molecule has 1 aliphatic heterocycles. The highest BCUT2D eigenvalue weighted by Gasteiger charge is 2.22. The number of aromatic nitrogens is 2. The number of hydrogen-bond acceptors (Lipinski definition) is 8. The SMILES string of the molecule is CC(=O)O/C(=C/c1cnc(N[C@@H]2CCN(Cc3cccc(Cl)c3)C2)cn1)C(=O)NO. The third-order valence-electron chi connectivity index (χ3n) is 4.45. The Bertz CT molecular complexity index is 935. The molecular formula is C20H22ClN5O4. The molecule has 3 rings (SSSR count). The summed E-state index contributed by atoms with van der Waals surface area (Å²) in [5.74, 6) is -1.44. The zero-order valence-corrected chi connectivity index (χ0v) is 17.1. The van der Waals surface area contributed by atoms with Gasteiger partial charge in [-0.15, -0.1) is 0 Å². The van der Waals surface area contributed by atoms with Crippen molar-refractivity contribution in [3.8, 4) is 0 Å². The fourth-order valence-corrected chi connectivity index (χ4v) is 3.38. The van der Waals surface area contributed by atoms with Crippen molar-refractivity contribution in [2.75, 3.05) is 18.4 Å². The van der Waals surface area contributed by atoms with E-state index in [1.165, 1.54) is 29.5 Å². The van der Waals surface area contributed by atoms with Crippen LogP contribution in [0.1, 0.15) is 24.6 Å². The molecule has 1 aromatic carbocycles. The highest BCUT2D eigenvalue weighted by atomic mass is 35.5. The Hall–Kier alpha value is -3.01. The lowest BCUT2D eigenvalue weighted by molar-refractivity contribution is -0.142. The number of nitrogens with one attached hydrogen (secondary N) is 2. The molecule has 0 unspecified atom stereocenters. The molecule has 0 bridgehead atoms. The molecule has 1 atom stereocenters. The van der Waals surface area contributed by atoms with Gasteiger partial charge in [0.25, 0.3) is 0 Å². The maximum Gasteiger partial charge on any atom is 0.310 e. The average molecular weight is 432 g/mol. The van der Waals surface area contributed by atoms with E-state index >= 15 is 0 Å². The largest absolute Gasteiger partial charge is 0.421 e.